The van der Waals surface area contributed by atoms with Gasteiger partial charge in [0, 0.05) is 12.6 Å². The van der Waals surface area contributed by atoms with Crippen molar-refractivity contribution < 1.29 is 9.50 Å². The van der Waals surface area contributed by atoms with Crippen molar-refractivity contribution in [3.63, 3.8) is 0 Å². The molecule has 13 heavy (non-hydrogen) atoms. The molecule has 0 aromatic rings. The van der Waals surface area contributed by atoms with Crippen molar-refractivity contribution in [1.29, 1.82) is 0 Å². The van der Waals surface area contributed by atoms with Crippen molar-refractivity contribution in [2.24, 2.45) is 0 Å². The van der Waals surface area contributed by atoms with Gasteiger partial charge in [0.25, 0.3) is 0 Å². The number of aliphatic hydroxyl groups excluding tert-OH is 1. The molecule has 0 spiro atoms. The van der Waals surface area contributed by atoms with Gasteiger partial charge in [-0.25, -0.2) is 4.39 Å². The number of rotatable bonds is 4. The lowest BCUT2D eigenvalue weighted by atomic mass is 10.1. The van der Waals surface area contributed by atoms with Crippen LogP contribution in [0.2, 0.25) is 0 Å². The maximum Gasteiger partial charge on any atom is 0.117 e. The fourth-order valence-corrected chi connectivity index (χ4v) is 2.49. The van der Waals surface area contributed by atoms with Gasteiger partial charge < -0.3 is 10.4 Å². The van der Waals surface area contributed by atoms with Gasteiger partial charge >= 0.3 is 0 Å². The zero-order valence-corrected chi connectivity index (χ0v) is 8.65. The Morgan fingerprint density at radius 2 is 2.31 bits per heavy atom. The molecular weight excluding hydrogens is 189 g/mol. The molecule has 78 valence electrons. The topological polar surface area (TPSA) is 32.3 Å². The van der Waals surface area contributed by atoms with E-state index >= 15 is 0 Å². The van der Waals surface area contributed by atoms with Crippen LogP contribution in [0.15, 0.2) is 0 Å². The summed E-state index contributed by atoms with van der Waals surface area (Å²) in [5.41, 5.74) is 0. The largest absolute Gasteiger partial charge is 0.389 e. The minimum Gasteiger partial charge on any atom is -0.389 e. The summed E-state index contributed by atoms with van der Waals surface area (Å²) < 4.78 is 11.9. The minimum atomic E-state index is -0.823. The molecule has 0 aromatic heterocycles. The molecule has 1 fully saturated rings. The Morgan fingerprint density at radius 3 is 3.08 bits per heavy atom. The predicted molar refractivity (Wildman–Crippen MR) is 54.9 cm³/mol. The summed E-state index contributed by atoms with van der Waals surface area (Å²) >= 11 is 1.98. The second kappa shape index (κ2) is 6.62. The molecule has 1 heterocycles. The highest BCUT2D eigenvalue weighted by Crippen LogP contribution is 2.16. The van der Waals surface area contributed by atoms with E-state index in [2.05, 4.69) is 5.32 Å². The first-order valence-electron chi connectivity index (χ1n) is 4.88. The summed E-state index contributed by atoms with van der Waals surface area (Å²) in [4.78, 5) is 0. The summed E-state index contributed by atoms with van der Waals surface area (Å²) in [5, 5.41) is 12.2. The number of hydrogen-bond donors (Lipinski definition) is 2. The van der Waals surface area contributed by atoms with Crippen molar-refractivity contribution in [2.75, 3.05) is 24.7 Å². The quantitative estimate of drug-likeness (QED) is 0.726. The average molecular weight is 207 g/mol. The Hall–Kier alpha value is 0.200. The number of hydrogen-bond acceptors (Lipinski definition) is 3. The zero-order valence-electron chi connectivity index (χ0n) is 7.84. The van der Waals surface area contributed by atoms with Crippen LogP contribution in [0.3, 0.4) is 0 Å². The number of thioether (sulfide) groups is 1. The molecule has 4 heteroatoms. The van der Waals surface area contributed by atoms with Gasteiger partial charge in [-0.05, 0) is 30.8 Å². The van der Waals surface area contributed by atoms with Crippen molar-refractivity contribution in [2.45, 2.75) is 31.4 Å². The summed E-state index contributed by atoms with van der Waals surface area (Å²) in [7, 11) is 0. The lowest BCUT2D eigenvalue weighted by molar-refractivity contribution is 0.133. The molecule has 0 aromatic carbocycles. The summed E-state index contributed by atoms with van der Waals surface area (Å²) in [6, 6.07) is 0.483. The van der Waals surface area contributed by atoms with Gasteiger partial charge in [0.1, 0.15) is 6.67 Å². The Kier molecular flexibility index (Phi) is 5.75. The zero-order chi connectivity index (χ0) is 9.52. The summed E-state index contributed by atoms with van der Waals surface area (Å²) in [6.07, 6.45) is 2.71. The minimum absolute atomic E-state index is 0.395. The monoisotopic (exact) mass is 207 g/mol. The smallest absolute Gasteiger partial charge is 0.117 e. The molecule has 0 amide bonds. The molecule has 0 saturated carbocycles. The van der Waals surface area contributed by atoms with E-state index in [4.69, 9.17) is 5.11 Å². The predicted octanol–water partition coefficient (Wildman–Crippen LogP) is 1.19. The molecule has 0 aliphatic carbocycles. The van der Waals surface area contributed by atoms with Crippen molar-refractivity contribution in [3.8, 4) is 0 Å². The molecular formula is C9H18FNOS. The third-order valence-electron chi connectivity index (χ3n) is 2.27. The van der Waals surface area contributed by atoms with E-state index in [1.54, 1.807) is 0 Å². The Morgan fingerprint density at radius 1 is 1.46 bits per heavy atom. The van der Waals surface area contributed by atoms with E-state index in [9.17, 15) is 4.39 Å². The normalized spacial score (nSPS) is 26.8. The van der Waals surface area contributed by atoms with Crippen LogP contribution in [0.4, 0.5) is 4.39 Å². The number of alkyl halides is 1. The molecule has 0 radical (unpaired) electrons. The van der Waals surface area contributed by atoms with Gasteiger partial charge in [0.05, 0.1) is 6.10 Å². The van der Waals surface area contributed by atoms with Gasteiger partial charge in [-0.1, -0.05) is 0 Å². The first-order valence-corrected chi connectivity index (χ1v) is 6.03. The van der Waals surface area contributed by atoms with Crippen LogP contribution >= 0.6 is 11.8 Å². The van der Waals surface area contributed by atoms with Crippen LogP contribution in [0, 0.1) is 0 Å². The fraction of sp³-hybridized carbons (Fsp3) is 1.00. The first-order chi connectivity index (χ1) is 6.33. The van der Waals surface area contributed by atoms with Crippen molar-refractivity contribution in [3.05, 3.63) is 0 Å². The van der Waals surface area contributed by atoms with Gasteiger partial charge in [0.2, 0.25) is 0 Å². The highest BCUT2D eigenvalue weighted by molar-refractivity contribution is 7.99. The van der Waals surface area contributed by atoms with E-state index < -0.39 is 12.8 Å². The van der Waals surface area contributed by atoms with Crippen LogP contribution in [0.25, 0.3) is 0 Å². The van der Waals surface area contributed by atoms with Crippen LogP contribution in [0.1, 0.15) is 19.3 Å². The molecule has 1 aliphatic rings. The highest BCUT2D eigenvalue weighted by atomic mass is 32.2. The first kappa shape index (κ1) is 11.3. The molecule has 2 nitrogen and oxygen atoms in total. The number of aliphatic hydroxyl groups is 1. The maximum absolute atomic E-state index is 11.9. The van der Waals surface area contributed by atoms with Gasteiger partial charge in [-0.15, -0.1) is 0 Å². The fourth-order valence-electron chi connectivity index (χ4n) is 1.47. The number of halogens is 1. The van der Waals surface area contributed by atoms with Crippen molar-refractivity contribution in [1.82, 2.24) is 5.32 Å². The highest BCUT2D eigenvalue weighted by Gasteiger charge is 2.13. The number of nitrogens with one attached hydrogen (secondary N) is 1. The molecule has 1 saturated heterocycles. The molecule has 2 atom stereocenters. The lowest BCUT2D eigenvalue weighted by Crippen LogP contribution is -2.36. The Bertz CT molecular complexity index is 129. The third kappa shape index (κ3) is 4.84. The van der Waals surface area contributed by atoms with E-state index in [-0.39, 0.29) is 0 Å². The summed E-state index contributed by atoms with van der Waals surface area (Å²) in [6.45, 7) is -0.250. The summed E-state index contributed by atoms with van der Waals surface area (Å²) in [5.74, 6) is 2.42. The molecule has 1 rings (SSSR count). The molecule has 2 unspecified atom stereocenters. The van der Waals surface area contributed by atoms with E-state index in [0.717, 1.165) is 12.8 Å². The van der Waals surface area contributed by atoms with Crippen LogP contribution in [-0.4, -0.2) is 42.0 Å². The van der Waals surface area contributed by atoms with Crippen LogP contribution < -0.4 is 5.32 Å². The van der Waals surface area contributed by atoms with Crippen LogP contribution in [0.5, 0.6) is 0 Å². The second-order valence-electron chi connectivity index (χ2n) is 3.46. The lowest BCUT2D eigenvalue weighted by Gasteiger charge is -2.17. The average Bonchev–Trinajstić information content (AvgIpc) is 2.42. The van der Waals surface area contributed by atoms with Crippen molar-refractivity contribution >= 4 is 11.8 Å². The van der Waals surface area contributed by atoms with E-state index in [1.807, 2.05) is 11.8 Å². The van der Waals surface area contributed by atoms with Crippen LogP contribution in [-0.2, 0) is 0 Å². The van der Waals surface area contributed by atoms with E-state index in [0.29, 0.717) is 12.6 Å². The SMILES string of the molecule is OC(CF)CNC1CCCSCC1. The van der Waals surface area contributed by atoms with Gasteiger partial charge in [-0.3, -0.25) is 0 Å². The van der Waals surface area contributed by atoms with Gasteiger partial charge in [0.15, 0.2) is 0 Å². The molecule has 0 bridgehead atoms. The molecule has 2 N–H and O–H groups in total. The molecule has 1 aliphatic heterocycles. The Balaban J connectivity index is 2.11. The van der Waals surface area contributed by atoms with Gasteiger partial charge in [-0.2, -0.15) is 11.8 Å². The standard InChI is InChI=1S/C9H18FNOS/c10-6-9(12)7-11-8-2-1-4-13-5-3-8/h8-9,11-12H,1-7H2. The van der Waals surface area contributed by atoms with E-state index in [1.165, 1.54) is 17.9 Å². The Labute approximate surface area is 83.3 Å². The third-order valence-corrected chi connectivity index (χ3v) is 3.37. The second-order valence-corrected chi connectivity index (χ2v) is 4.68. The maximum atomic E-state index is 11.9.